The largest absolute Gasteiger partial charge is 0.497 e. The third-order valence-electron chi connectivity index (χ3n) is 5.08. The second kappa shape index (κ2) is 8.67. The molecule has 0 aliphatic rings. The minimum Gasteiger partial charge on any atom is -0.497 e. The quantitative estimate of drug-likeness (QED) is 0.399. The first-order valence-corrected chi connectivity index (χ1v) is 9.74. The minimum atomic E-state index is -0.464. The highest BCUT2D eigenvalue weighted by molar-refractivity contribution is 6.08. The minimum absolute atomic E-state index is 0.237. The summed E-state index contributed by atoms with van der Waals surface area (Å²) >= 11 is 0. The lowest BCUT2D eigenvalue weighted by molar-refractivity contribution is 0.0947. The van der Waals surface area contributed by atoms with Crippen LogP contribution in [0.1, 0.15) is 16.1 Å². The van der Waals surface area contributed by atoms with Crippen molar-refractivity contribution in [1.82, 2.24) is 9.99 Å². The Labute approximate surface area is 179 Å². The lowest BCUT2D eigenvalue weighted by Crippen LogP contribution is -2.30. The second-order valence-electron chi connectivity index (χ2n) is 6.97. The number of hydrogen-bond donors (Lipinski definition) is 1. The fourth-order valence-corrected chi connectivity index (χ4v) is 3.54. The summed E-state index contributed by atoms with van der Waals surface area (Å²) in [6, 6.07) is 24.1. The Morgan fingerprint density at radius 3 is 2.26 bits per heavy atom. The molecule has 0 saturated heterocycles. The van der Waals surface area contributed by atoms with Crippen molar-refractivity contribution in [2.24, 2.45) is 12.1 Å². The fraction of sp³-hybridized carbons (Fsp3) is 0.0800. The van der Waals surface area contributed by atoms with Gasteiger partial charge in [-0.15, -0.1) is 0 Å². The lowest BCUT2D eigenvalue weighted by atomic mass is 9.96. The van der Waals surface area contributed by atoms with Crippen LogP contribution in [-0.2, 0) is 7.05 Å². The summed E-state index contributed by atoms with van der Waals surface area (Å²) < 4.78 is 6.52. The van der Waals surface area contributed by atoms with Gasteiger partial charge in [0.25, 0.3) is 11.5 Å². The maximum absolute atomic E-state index is 13.1. The molecule has 0 fully saturated rings. The molecule has 4 aromatic rings. The van der Waals surface area contributed by atoms with Gasteiger partial charge >= 0.3 is 0 Å². The van der Waals surface area contributed by atoms with Gasteiger partial charge < -0.3 is 9.30 Å². The summed E-state index contributed by atoms with van der Waals surface area (Å²) in [5.41, 5.74) is 4.91. The molecule has 4 rings (SSSR count). The van der Waals surface area contributed by atoms with Crippen molar-refractivity contribution in [2.75, 3.05) is 7.11 Å². The number of methoxy groups -OCH3 is 1. The Morgan fingerprint density at radius 2 is 1.58 bits per heavy atom. The average molecular weight is 411 g/mol. The van der Waals surface area contributed by atoms with E-state index in [9.17, 15) is 9.59 Å². The van der Waals surface area contributed by atoms with E-state index in [4.69, 9.17) is 4.74 Å². The van der Waals surface area contributed by atoms with E-state index < -0.39 is 5.91 Å². The number of benzene rings is 3. The monoisotopic (exact) mass is 411 g/mol. The van der Waals surface area contributed by atoms with E-state index in [1.165, 1.54) is 4.57 Å². The number of fused-ring (bicyclic) bond motifs is 1. The van der Waals surface area contributed by atoms with E-state index in [0.29, 0.717) is 10.9 Å². The van der Waals surface area contributed by atoms with Crippen LogP contribution in [-0.4, -0.2) is 23.8 Å². The zero-order chi connectivity index (χ0) is 21.8. The van der Waals surface area contributed by atoms with E-state index in [0.717, 1.165) is 22.3 Å². The highest BCUT2D eigenvalue weighted by Crippen LogP contribution is 2.30. The summed E-state index contributed by atoms with van der Waals surface area (Å²) in [4.78, 5) is 26.1. The number of carbonyl (C=O) groups excluding carboxylic acids is 1. The number of pyridine rings is 1. The van der Waals surface area contributed by atoms with Crippen molar-refractivity contribution >= 4 is 22.9 Å². The van der Waals surface area contributed by atoms with Crippen molar-refractivity contribution < 1.29 is 9.53 Å². The van der Waals surface area contributed by atoms with Gasteiger partial charge in [0, 0.05) is 18.0 Å². The van der Waals surface area contributed by atoms with Gasteiger partial charge in [0.2, 0.25) is 0 Å². The topological polar surface area (TPSA) is 72.7 Å². The number of ether oxygens (including phenoxy) is 1. The molecule has 0 radical (unpaired) electrons. The molecule has 0 saturated carbocycles. The van der Waals surface area contributed by atoms with Crippen LogP contribution >= 0.6 is 0 Å². The van der Waals surface area contributed by atoms with E-state index in [2.05, 4.69) is 10.5 Å². The molecule has 31 heavy (non-hydrogen) atoms. The summed E-state index contributed by atoms with van der Waals surface area (Å²) in [5.74, 6) is 0.272. The fourth-order valence-electron chi connectivity index (χ4n) is 3.54. The first-order valence-electron chi connectivity index (χ1n) is 9.74. The normalized spacial score (nSPS) is 11.0. The molecule has 3 aromatic carbocycles. The third-order valence-corrected chi connectivity index (χ3v) is 5.08. The van der Waals surface area contributed by atoms with Gasteiger partial charge in [-0.05, 0) is 46.8 Å². The highest BCUT2D eigenvalue weighted by Gasteiger charge is 2.21. The molecule has 1 N–H and O–H groups in total. The maximum Gasteiger partial charge on any atom is 0.288 e. The molecule has 0 spiro atoms. The van der Waals surface area contributed by atoms with Gasteiger partial charge in [0.15, 0.2) is 0 Å². The standard InChI is InChI=1S/C25H21N3O3/c1-28-23(24(29)27-26-16-17-12-14-19(31-2)15-13-17)22(18-8-4-3-5-9-18)20-10-6-7-11-21(20)25(28)30/h3-16H,1-2H3,(H,27,29)/b26-16+. The molecular formula is C25H21N3O3. The molecule has 0 unspecified atom stereocenters. The molecule has 1 amide bonds. The number of nitrogens with one attached hydrogen (secondary N) is 1. The molecule has 6 nitrogen and oxygen atoms in total. The molecule has 6 heteroatoms. The maximum atomic E-state index is 13.1. The predicted molar refractivity (Wildman–Crippen MR) is 123 cm³/mol. The summed E-state index contributed by atoms with van der Waals surface area (Å²) in [6.45, 7) is 0. The number of hydrazone groups is 1. The molecule has 1 aromatic heterocycles. The Hall–Kier alpha value is -4.19. The number of rotatable bonds is 5. The van der Waals surface area contributed by atoms with Gasteiger partial charge in [0.05, 0.1) is 13.3 Å². The number of aromatic nitrogens is 1. The zero-order valence-corrected chi connectivity index (χ0v) is 17.2. The summed E-state index contributed by atoms with van der Waals surface area (Å²) in [7, 11) is 3.20. The Bertz CT molecular complexity index is 1320. The zero-order valence-electron chi connectivity index (χ0n) is 17.2. The van der Waals surface area contributed by atoms with Crippen LogP contribution in [0.2, 0.25) is 0 Å². The number of carbonyl (C=O) groups is 1. The molecule has 0 bridgehead atoms. The summed E-state index contributed by atoms with van der Waals surface area (Å²) in [6.07, 6.45) is 1.54. The van der Waals surface area contributed by atoms with Crippen molar-refractivity contribution in [3.63, 3.8) is 0 Å². The van der Waals surface area contributed by atoms with E-state index in [-0.39, 0.29) is 11.3 Å². The molecule has 0 aliphatic heterocycles. The average Bonchev–Trinajstić information content (AvgIpc) is 2.82. The SMILES string of the molecule is COc1ccc(/C=N/NC(=O)c2c(-c3ccccc3)c3ccccc3c(=O)n2C)cc1. The van der Waals surface area contributed by atoms with Crippen molar-refractivity contribution in [3.8, 4) is 16.9 Å². The van der Waals surface area contributed by atoms with E-state index >= 15 is 0 Å². The van der Waals surface area contributed by atoms with Crippen molar-refractivity contribution in [3.05, 3.63) is 100 Å². The van der Waals surface area contributed by atoms with Crippen molar-refractivity contribution in [1.29, 1.82) is 0 Å². The third kappa shape index (κ3) is 3.96. The highest BCUT2D eigenvalue weighted by atomic mass is 16.5. The molecule has 0 atom stereocenters. The van der Waals surface area contributed by atoms with Gasteiger partial charge in [-0.2, -0.15) is 5.10 Å². The number of nitrogens with zero attached hydrogens (tertiary/aromatic N) is 2. The van der Waals surface area contributed by atoms with E-state index in [1.54, 1.807) is 26.4 Å². The predicted octanol–water partition coefficient (Wildman–Crippen LogP) is 3.98. The Morgan fingerprint density at radius 1 is 0.935 bits per heavy atom. The number of hydrogen-bond acceptors (Lipinski definition) is 4. The molecule has 1 heterocycles. The van der Waals surface area contributed by atoms with Gasteiger partial charge in [-0.25, -0.2) is 5.43 Å². The van der Waals surface area contributed by atoms with Crippen LogP contribution in [0, 0.1) is 0 Å². The molecular weight excluding hydrogens is 390 g/mol. The van der Waals surface area contributed by atoms with Crippen LogP contribution in [0.5, 0.6) is 5.75 Å². The smallest absolute Gasteiger partial charge is 0.288 e. The van der Waals surface area contributed by atoms with Crippen LogP contribution in [0.3, 0.4) is 0 Å². The van der Waals surface area contributed by atoms with Crippen LogP contribution < -0.4 is 15.7 Å². The lowest BCUT2D eigenvalue weighted by Gasteiger charge is -2.16. The van der Waals surface area contributed by atoms with Crippen LogP contribution in [0.15, 0.2) is 88.8 Å². The molecule has 154 valence electrons. The van der Waals surface area contributed by atoms with Crippen LogP contribution in [0.4, 0.5) is 0 Å². The first kappa shape index (κ1) is 20.1. The van der Waals surface area contributed by atoms with Gasteiger partial charge in [0.1, 0.15) is 11.4 Å². The Balaban J connectivity index is 1.77. The van der Waals surface area contributed by atoms with Crippen molar-refractivity contribution in [2.45, 2.75) is 0 Å². The molecule has 0 aliphatic carbocycles. The van der Waals surface area contributed by atoms with Crippen LogP contribution in [0.25, 0.3) is 21.9 Å². The second-order valence-corrected chi connectivity index (χ2v) is 6.97. The van der Waals surface area contributed by atoms with Gasteiger partial charge in [-0.1, -0.05) is 48.5 Å². The van der Waals surface area contributed by atoms with Gasteiger partial charge in [-0.3, -0.25) is 9.59 Å². The van der Waals surface area contributed by atoms with E-state index in [1.807, 2.05) is 72.8 Å². The Kier molecular flexibility index (Phi) is 5.62. The summed E-state index contributed by atoms with van der Waals surface area (Å²) in [5, 5.41) is 5.36. The number of amides is 1. The first-order chi connectivity index (χ1) is 15.1.